The van der Waals surface area contributed by atoms with Crippen molar-refractivity contribution in [3.05, 3.63) is 28.1 Å². The number of anilines is 1. The van der Waals surface area contributed by atoms with E-state index in [2.05, 4.69) is 24.1 Å². The average Bonchev–Trinajstić information content (AvgIpc) is 2.81. The van der Waals surface area contributed by atoms with Crippen molar-refractivity contribution in [1.29, 1.82) is 0 Å². The molecule has 0 aliphatic heterocycles. The van der Waals surface area contributed by atoms with Gasteiger partial charge in [-0.1, -0.05) is 25.4 Å². The van der Waals surface area contributed by atoms with Crippen LogP contribution in [0.4, 0.5) is 5.13 Å². The number of methoxy groups -OCH3 is 1. The minimum absolute atomic E-state index is 0.590. The Morgan fingerprint density at radius 3 is 2.70 bits per heavy atom. The number of nitrogens with one attached hydrogen (secondary N) is 1. The quantitative estimate of drug-likeness (QED) is 0.868. The van der Waals surface area contributed by atoms with Gasteiger partial charge in [-0.3, -0.25) is 0 Å². The molecule has 0 aliphatic carbocycles. The second-order valence-corrected chi connectivity index (χ2v) is 6.48. The molecule has 0 unspecified atom stereocenters. The highest BCUT2D eigenvalue weighted by Crippen LogP contribution is 2.36. The summed E-state index contributed by atoms with van der Waals surface area (Å²) in [7, 11) is 3.51. The first-order chi connectivity index (χ1) is 9.55. The Morgan fingerprint density at radius 1 is 1.40 bits per heavy atom. The van der Waals surface area contributed by atoms with Gasteiger partial charge in [-0.2, -0.15) is 0 Å². The third-order valence-corrected chi connectivity index (χ3v) is 4.32. The summed E-state index contributed by atoms with van der Waals surface area (Å²) in [6, 6.07) is 5.80. The van der Waals surface area contributed by atoms with Crippen molar-refractivity contribution in [2.24, 2.45) is 5.92 Å². The summed E-state index contributed by atoms with van der Waals surface area (Å²) in [5.41, 5.74) is 2.04. The number of halogens is 1. The minimum Gasteiger partial charge on any atom is -0.495 e. The van der Waals surface area contributed by atoms with Crippen LogP contribution in [0.5, 0.6) is 5.75 Å². The van der Waals surface area contributed by atoms with Gasteiger partial charge in [0.15, 0.2) is 5.13 Å². The number of hydrogen-bond donors (Lipinski definition) is 1. The van der Waals surface area contributed by atoms with E-state index in [1.54, 1.807) is 18.4 Å². The molecular weight excluding hydrogens is 292 g/mol. The first-order valence-electron chi connectivity index (χ1n) is 6.56. The van der Waals surface area contributed by atoms with Crippen molar-refractivity contribution >= 4 is 28.1 Å². The van der Waals surface area contributed by atoms with E-state index in [0.717, 1.165) is 22.8 Å². The number of rotatable bonds is 5. The molecule has 1 aromatic heterocycles. The van der Waals surface area contributed by atoms with Crippen LogP contribution in [0.25, 0.3) is 11.3 Å². The maximum atomic E-state index is 6.21. The molecule has 20 heavy (non-hydrogen) atoms. The Labute approximate surface area is 129 Å². The Kier molecular flexibility index (Phi) is 4.89. The van der Waals surface area contributed by atoms with Crippen molar-refractivity contribution in [2.45, 2.75) is 20.3 Å². The molecule has 2 aromatic rings. The molecule has 0 amide bonds. The van der Waals surface area contributed by atoms with Gasteiger partial charge in [0.05, 0.1) is 17.8 Å². The van der Waals surface area contributed by atoms with Crippen LogP contribution >= 0.6 is 22.9 Å². The summed E-state index contributed by atoms with van der Waals surface area (Å²) in [5, 5.41) is 4.66. The van der Waals surface area contributed by atoms with Crippen molar-refractivity contribution in [3.63, 3.8) is 0 Å². The third-order valence-electron chi connectivity index (χ3n) is 2.93. The zero-order valence-electron chi connectivity index (χ0n) is 12.2. The molecule has 0 spiro atoms. The van der Waals surface area contributed by atoms with Crippen LogP contribution in [0.2, 0.25) is 5.02 Å². The second kappa shape index (κ2) is 6.46. The molecule has 1 N–H and O–H groups in total. The van der Waals surface area contributed by atoms with E-state index in [1.807, 2.05) is 25.2 Å². The monoisotopic (exact) mass is 310 g/mol. The van der Waals surface area contributed by atoms with Gasteiger partial charge >= 0.3 is 0 Å². The number of hydrogen-bond acceptors (Lipinski definition) is 4. The zero-order chi connectivity index (χ0) is 14.7. The number of aromatic nitrogens is 1. The summed E-state index contributed by atoms with van der Waals surface area (Å²) in [6.45, 7) is 4.42. The van der Waals surface area contributed by atoms with Gasteiger partial charge in [-0.05, 0) is 30.5 Å². The van der Waals surface area contributed by atoms with Gasteiger partial charge in [0.2, 0.25) is 0 Å². The summed E-state index contributed by atoms with van der Waals surface area (Å²) in [4.78, 5) is 5.94. The van der Waals surface area contributed by atoms with Crippen LogP contribution < -0.4 is 10.1 Å². The van der Waals surface area contributed by atoms with Gasteiger partial charge in [0, 0.05) is 17.5 Å². The van der Waals surface area contributed by atoms with E-state index >= 15 is 0 Å². The predicted molar refractivity (Wildman–Crippen MR) is 87.2 cm³/mol. The molecule has 2 rings (SSSR count). The molecule has 0 fully saturated rings. The SMILES string of the molecule is CNc1nc(-c2ccc(OC)c(Cl)c2)c(CC(C)C)s1. The summed E-state index contributed by atoms with van der Waals surface area (Å²) < 4.78 is 5.19. The van der Waals surface area contributed by atoms with Gasteiger partial charge in [-0.15, -0.1) is 11.3 Å². The zero-order valence-corrected chi connectivity index (χ0v) is 13.7. The number of nitrogens with zero attached hydrogens (tertiary/aromatic N) is 1. The molecule has 1 heterocycles. The van der Waals surface area contributed by atoms with Crippen molar-refractivity contribution < 1.29 is 4.74 Å². The normalized spacial score (nSPS) is 10.9. The van der Waals surface area contributed by atoms with Crippen LogP contribution in [0, 0.1) is 5.92 Å². The van der Waals surface area contributed by atoms with Gasteiger partial charge in [-0.25, -0.2) is 4.98 Å². The molecule has 1 aromatic carbocycles. The van der Waals surface area contributed by atoms with Crippen molar-refractivity contribution in [1.82, 2.24) is 4.98 Å². The van der Waals surface area contributed by atoms with E-state index in [-0.39, 0.29) is 0 Å². The van der Waals surface area contributed by atoms with Gasteiger partial charge in [0.25, 0.3) is 0 Å². The Balaban J connectivity index is 2.45. The Hall–Kier alpha value is -1.26. The van der Waals surface area contributed by atoms with Crippen molar-refractivity contribution in [3.8, 4) is 17.0 Å². The maximum absolute atomic E-state index is 6.21. The number of thiazole rings is 1. The predicted octanol–water partition coefficient (Wildman–Crippen LogP) is 4.71. The highest BCUT2D eigenvalue weighted by molar-refractivity contribution is 7.16. The fraction of sp³-hybridized carbons (Fsp3) is 0.400. The van der Waals surface area contributed by atoms with E-state index < -0.39 is 0 Å². The second-order valence-electron chi connectivity index (χ2n) is 4.99. The molecule has 0 radical (unpaired) electrons. The molecule has 108 valence electrons. The molecule has 0 saturated carbocycles. The largest absolute Gasteiger partial charge is 0.495 e. The van der Waals surface area contributed by atoms with Crippen LogP contribution in [0.3, 0.4) is 0 Å². The average molecular weight is 311 g/mol. The highest BCUT2D eigenvalue weighted by atomic mass is 35.5. The van der Waals surface area contributed by atoms with Gasteiger partial charge in [0.1, 0.15) is 5.75 Å². The fourth-order valence-electron chi connectivity index (χ4n) is 2.01. The summed E-state index contributed by atoms with van der Waals surface area (Å²) in [6.07, 6.45) is 1.01. The van der Waals surface area contributed by atoms with Crippen LogP contribution in [-0.4, -0.2) is 19.1 Å². The summed E-state index contributed by atoms with van der Waals surface area (Å²) >= 11 is 7.92. The van der Waals surface area contributed by atoms with E-state index in [0.29, 0.717) is 16.7 Å². The number of ether oxygens (including phenoxy) is 1. The Morgan fingerprint density at radius 2 is 2.15 bits per heavy atom. The highest BCUT2D eigenvalue weighted by Gasteiger charge is 2.15. The maximum Gasteiger partial charge on any atom is 0.183 e. The topological polar surface area (TPSA) is 34.2 Å². The third kappa shape index (κ3) is 3.25. The standard InChI is InChI=1S/C15H19ClN2OS/c1-9(2)7-13-14(18-15(17-3)20-13)10-5-6-12(19-4)11(16)8-10/h5-6,8-9H,7H2,1-4H3,(H,17,18). The first-order valence-corrected chi connectivity index (χ1v) is 7.76. The Bertz CT molecular complexity index is 596. The molecule has 3 nitrogen and oxygen atoms in total. The van der Waals surface area contributed by atoms with E-state index in [1.165, 1.54) is 4.88 Å². The first kappa shape index (κ1) is 15.1. The molecule has 0 aliphatic rings. The van der Waals surface area contributed by atoms with Crippen molar-refractivity contribution in [2.75, 3.05) is 19.5 Å². The van der Waals surface area contributed by atoms with E-state index in [9.17, 15) is 0 Å². The lowest BCUT2D eigenvalue weighted by Crippen LogP contribution is -1.94. The summed E-state index contributed by atoms with van der Waals surface area (Å²) in [5.74, 6) is 1.28. The minimum atomic E-state index is 0.590. The molecule has 5 heteroatoms. The lowest BCUT2D eigenvalue weighted by molar-refractivity contribution is 0.415. The van der Waals surface area contributed by atoms with E-state index in [4.69, 9.17) is 16.3 Å². The van der Waals surface area contributed by atoms with Crippen LogP contribution in [0.15, 0.2) is 18.2 Å². The molecule has 0 atom stereocenters. The molecule has 0 bridgehead atoms. The van der Waals surface area contributed by atoms with Crippen LogP contribution in [0.1, 0.15) is 18.7 Å². The number of benzene rings is 1. The lowest BCUT2D eigenvalue weighted by atomic mass is 10.0. The molecule has 0 saturated heterocycles. The fourth-order valence-corrected chi connectivity index (χ4v) is 3.41. The lowest BCUT2D eigenvalue weighted by Gasteiger charge is -2.07. The molecular formula is C15H19ClN2OS. The van der Waals surface area contributed by atoms with Gasteiger partial charge < -0.3 is 10.1 Å². The smallest absolute Gasteiger partial charge is 0.183 e. The van der Waals surface area contributed by atoms with Crippen LogP contribution in [-0.2, 0) is 6.42 Å².